The van der Waals surface area contributed by atoms with E-state index in [1.54, 1.807) is 11.1 Å². The van der Waals surface area contributed by atoms with Crippen molar-refractivity contribution in [2.24, 2.45) is 5.92 Å². The Hall–Kier alpha value is -0.820. The zero-order chi connectivity index (χ0) is 13.4. The Morgan fingerprint density at radius 1 is 0.900 bits per heavy atom. The first-order valence-electron chi connectivity index (χ1n) is 8.73. The van der Waals surface area contributed by atoms with Crippen LogP contribution in [-0.2, 0) is 6.42 Å². The van der Waals surface area contributed by atoms with Crippen molar-refractivity contribution in [3.63, 3.8) is 0 Å². The van der Waals surface area contributed by atoms with Gasteiger partial charge in [-0.1, -0.05) is 43.5 Å². The van der Waals surface area contributed by atoms with Gasteiger partial charge in [0.2, 0.25) is 0 Å². The molecule has 1 nitrogen and oxygen atoms in total. The minimum absolute atomic E-state index is 0.861. The van der Waals surface area contributed by atoms with Crippen molar-refractivity contribution < 1.29 is 0 Å². The van der Waals surface area contributed by atoms with Crippen molar-refractivity contribution in [2.75, 3.05) is 13.1 Å². The molecule has 0 unspecified atom stereocenters. The van der Waals surface area contributed by atoms with Gasteiger partial charge in [0.1, 0.15) is 0 Å². The zero-order valence-electron chi connectivity index (χ0n) is 12.6. The molecule has 1 saturated heterocycles. The number of fused-ring (bicyclic) bond motifs is 3. The molecule has 0 amide bonds. The fourth-order valence-electron chi connectivity index (χ4n) is 5.00. The van der Waals surface area contributed by atoms with Crippen LogP contribution in [0.3, 0.4) is 0 Å². The van der Waals surface area contributed by atoms with E-state index in [1.165, 1.54) is 64.5 Å². The predicted molar refractivity (Wildman–Crippen MR) is 84.1 cm³/mol. The zero-order valence-corrected chi connectivity index (χ0v) is 12.6. The minimum Gasteiger partial charge on any atom is -0.300 e. The van der Waals surface area contributed by atoms with Crippen LogP contribution in [0.15, 0.2) is 24.3 Å². The summed E-state index contributed by atoms with van der Waals surface area (Å²) in [5.74, 6) is 1.79. The lowest BCUT2D eigenvalue weighted by Crippen LogP contribution is -2.47. The molecule has 108 valence electrons. The standard InChI is InChI=1S/C19H27N/c1-2-7-17(8-3-1)20-13-12-19-16(14-20)11-10-15-6-4-5-9-18(15)19/h4-6,9,16-17,19H,1-3,7-8,10-14H2/t16-,19-/m0/s1. The molecule has 1 aliphatic heterocycles. The highest BCUT2D eigenvalue weighted by molar-refractivity contribution is 5.34. The quantitative estimate of drug-likeness (QED) is 0.731. The monoisotopic (exact) mass is 269 g/mol. The van der Waals surface area contributed by atoms with Crippen molar-refractivity contribution in [1.29, 1.82) is 0 Å². The van der Waals surface area contributed by atoms with Gasteiger partial charge >= 0.3 is 0 Å². The normalized spacial score (nSPS) is 31.6. The van der Waals surface area contributed by atoms with Crippen LogP contribution in [-0.4, -0.2) is 24.0 Å². The fourth-order valence-corrected chi connectivity index (χ4v) is 5.00. The maximum absolute atomic E-state index is 2.86. The third-order valence-electron chi connectivity index (χ3n) is 6.10. The molecule has 3 aliphatic rings. The van der Waals surface area contributed by atoms with Gasteiger partial charge in [0.25, 0.3) is 0 Å². The number of aryl methyl sites for hydroxylation is 1. The minimum atomic E-state index is 0.861. The summed E-state index contributed by atoms with van der Waals surface area (Å²) in [5.41, 5.74) is 3.33. The van der Waals surface area contributed by atoms with E-state index in [-0.39, 0.29) is 0 Å². The SMILES string of the molecule is c1ccc2c(c1)CC[C@H]1CN(C3CCCCC3)CC[C@H]21. The second-order valence-corrected chi connectivity index (χ2v) is 7.18. The molecule has 1 heteroatoms. The molecule has 1 heterocycles. The lowest BCUT2D eigenvalue weighted by molar-refractivity contribution is 0.0791. The summed E-state index contributed by atoms with van der Waals surface area (Å²) in [7, 11) is 0. The van der Waals surface area contributed by atoms with E-state index in [4.69, 9.17) is 0 Å². The second kappa shape index (κ2) is 5.52. The number of rotatable bonds is 1. The highest BCUT2D eigenvalue weighted by Crippen LogP contribution is 2.42. The van der Waals surface area contributed by atoms with Crippen LogP contribution < -0.4 is 0 Å². The van der Waals surface area contributed by atoms with Crippen LogP contribution in [0.4, 0.5) is 0 Å². The van der Waals surface area contributed by atoms with E-state index in [2.05, 4.69) is 29.2 Å². The summed E-state index contributed by atoms with van der Waals surface area (Å²) in [4.78, 5) is 2.86. The molecular formula is C19H27N. The molecule has 2 aliphatic carbocycles. The molecule has 2 atom stereocenters. The van der Waals surface area contributed by atoms with Crippen molar-refractivity contribution in [1.82, 2.24) is 4.90 Å². The second-order valence-electron chi connectivity index (χ2n) is 7.18. The third kappa shape index (κ3) is 2.30. The number of nitrogens with zero attached hydrogens (tertiary/aromatic N) is 1. The van der Waals surface area contributed by atoms with Gasteiger partial charge in [-0.3, -0.25) is 0 Å². The maximum atomic E-state index is 2.86. The van der Waals surface area contributed by atoms with Gasteiger partial charge in [-0.15, -0.1) is 0 Å². The molecule has 1 saturated carbocycles. The van der Waals surface area contributed by atoms with Crippen LogP contribution in [0, 0.1) is 5.92 Å². The summed E-state index contributed by atoms with van der Waals surface area (Å²) in [6.45, 7) is 2.73. The number of hydrogen-bond donors (Lipinski definition) is 0. The largest absolute Gasteiger partial charge is 0.300 e. The van der Waals surface area contributed by atoms with Crippen LogP contribution >= 0.6 is 0 Å². The molecule has 0 aromatic heterocycles. The molecular weight excluding hydrogens is 242 g/mol. The van der Waals surface area contributed by atoms with E-state index >= 15 is 0 Å². The first kappa shape index (κ1) is 12.9. The summed E-state index contributed by atoms with van der Waals surface area (Å²) in [6.07, 6.45) is 11.5. The average molecular weight is 269 g/mol. The molecule has 0 bridgehead atoms. The van der Waals surface area contributed by atoms with Gasteiger partial charge in [-0.25, -0.2) is 0 Å². The Morgan fingerprint density at radius 3 is 2.65 bits per heavy atom. The van der Waals surface area contributed by atoms with Crippen molar-refractivity contribution in [3.05, 3.63) is 35.4 Å². The summed E-state index contributed by atoms with van der Waals surface area (Å²) >= 11 is 0. The lowest BCUT2D eigenvalue weighted by atomic mass is 9.71. The van der Waals surface area contributed by atoms with E-state index in [1.807, 2.05) is 0 Å². The summed E-state index contributed by atoms with van der Waals surface area (Å²) < 4.78 is 0. The van der Waals surface area contributed by atoms with Gasteiger partial charge in [0, 0.05) is 12.6 Å². The van der Waals surface area contributed by atoms with E-state index in [0.717, 1.165) is 17.9 Å². The Morgan fingerprint density at radius 2 is 1.75 bits per heavy atom. The van der Waals surface area contributed by atoms with Gasteiger partial charge in [0.05, 0.1) is 0 Å². The molecule has 0 spiro atoms. The highest BCUT2D eigenvalue weighted by atomic mass is 15.2. The molecule has 1 aromatic rings. The van der Waals surface area contributed by atoms with Crippen molar-refractivity contribution in [3.8, 4) is 0 Å². The predicted octanol–water partition coefficient (Wildman–Crippen LogP) is 4.37. The van der Waals surface area contributed by atoms with Crippen LogP contribution in [0.1, 0.15) is 62.0 Å². The van der Waals surface area contributed by atoms with Crippen LogP contribution in [0.5, 0.6) is 0 Å². The van der Waals surface area contributed by atoms with Crippen molar-refractivity contribution in [2.45, 2.75) is 63.3 Å². The van der Waals surface area contributed by atoms with Crippen molar-refractivity contribution >= 4 is 0 Å². The highest BCUT2D eigenvalue weighted by Gasteiger charge is 2.36. The van der Waals surface area contributed by atoms with Crippen LogP contribution in [0.2, 0.25) is 0 Å². The summed E-state index contributed by atoms with van der Waals surface area (Å²) in [5, 5.41) is 0. The van der Waals surface area contributed by atoms with E-state index in [9.17, 15) is 0 Å². The van der Waals surface area contributed by atoms with Gasteiger partial charge in [0.15, 0.2) is 0 Å². The van der Waals surface area contributed by atoms with Gasteiger partial charge in [-0.05, 0) is 61.6 Å². The van der Waals surface area contributed by atoms with Gasteiger partial charge < -0.3 is 4.90 Å². The Balaban J connectivity index is 1.49. The Labute approximate surface area is 123 Å². The number of piperidine rings is 1. The fraction of sp³-hybridized carbons (Fsp3) is 0.684. The molecule has 20 heavy (non-hydrogen) atoms. The third-order valence-corrected chi connectivity index (χ3v) is 6.10. The molecule has 0 N–H and O–H groups in total. The lowest BCUT2D eigenvalue weighted by Gasteiger charge is -2.46. The van der Waals surface area contributed by atoms with Crippen LogP contribution in [0.25, 0.3) is 0 Å². The summed E-state index contributed by atoms with van der Waals surface area (Å²) in [6, 6.07) is 10.1. The van der Waals surface area contributed by atoms with E-state index in [0.29, 0.717) is 0 Å². The first-order chi connectivity index (χ1) is 9.92. The molecule has 2 fully saturated rings. The molecule has 0 radical (unpaired) electrons. The average Bonchev–Trinajstić information content (AvgIpc) is 2.55. The topological polar surface area (TPSA) is 3.24 Å². The van der Waals surface area contributed by atoms with Gasteiger partial charge in [-0.2, -0.15) is 0 Å². The molecule has 4 rings (SSSR count). The maximum Gasteiger partial charge on any atom is 0.00953 e. The smallest absolute Gasteiger partial charge is 0.00953 e. The number of hydrogen-bond acceptors (Lipinski definition) is 1. The molecule has 1 aromatic carbocycles. The Kier molecular flexibility index (Phi) is 3.56. The first-order valence-corrected chi connectivity index (χ1v) is 8.73. The number of benzene rings is 1. The van der Waals surface area contributed by atoms with E-state index < -0.39 is 0 Å². The number of likely N-dealkylation sites (tertiary alicyclic amines) is 1. The Bertz CT molecular complexity index is 461.